The fourth-order valence-corrected chi connectivity index (χ4v) is 5.36. The first-order valence-electron chi connectivity index (χ1n) is 8.46. The summed E-state index contributed by atoms with van der Waals surface area (Å²) < 4.78 is 32.8. The van der Waals surface area contributed by atoms with E-state index in [0.717, 1.165) is 27.8 Å². The summed E-state index contributed by atoms with van der Waals surface area (Å²) in [5.41, 5.74) is 4.83. The Morgan fingerprint density at radius 1 is 0.880 bits per heavy atom. The number of benzene rings is 1. The topological polar surface area (TPSA) is 66.9 Å². The molecule has 1 aromatic carbocycles. The lowest BCUT2D eigenvalue weighted by molar-refractivity contribution is -0.136. The van der Waals surface area contributed by atoms with Crippen LogP contribution in [-0.4, -0.2) is 63.4 Å². The van der Waals surface area contributed by atoms with Crippen LogP contribution in [-0.2, 0) is 19.6 Å². The summed E-state index contributed by atoms with van der Waals surface area (Å²) in [6.45, 7) is 11.1. The van der Waals surface area contributed by atoms with Crippen LogP contribution >= 0.6 is 0 Å². The van der Waals surface area contributed by atoms with Gasteiger partial charge in [-0.25, -0.2) is 8.42 Å². The molecule has 2 rings (SSSR count). The maximum Gasteiger partial charge on any atom is 0.248 e. The zero-order valence-corrected chi connectivity index (χ0v) is 16.8. The summed E-state index contributed by atoms with van der Waals surface area (Å²) >= 11 is 0. The molecule has 0 radical (unpaired) electrons. The molecular formula is C18H28N2O4S. The maximum atomic E-state index is 13.2. The number of methoxy groups -OCH3 is 1. The molecule has 1 fully saturated rings. The number of sulfonamides is 1. The normalized spacial score (nSPS) is 16.3. The second kappa shape index (κ2) is 7.43. The van der Waals surface area contributed by atoms with Crippen LogP contribution in [0.5, 0.6) is 0 Å². The van der Waals surface area contributed by atoms with Gasteiger partial charge in [-0.15, -0.1) is 0 Å². The Morgan fingerprint density at radius 2 is 1.32 bits per heavy atom. The molecule has 1 aromatic rings. The molecule has 1 amide bonds. The third-order valence-electron chi connectivity index (χ3n) is 5.39. The van der Waals surface area contributed by atoms with Crippen molar-refractivity contribution < 1.29 is 17.9 Å². The number of hydrogen-bond acceptors (Lipinski definition) is 4. The van der Waals surface area contributed by atoms with E-state index in [4.69, 9.17) is 4.74 Å². The third kappa shape index (κ3) is 3.59. The van der Waals surface area contributed by atoms with Gasteiger partial charge in [0.05, 0.1) is 4.90 Å². The Kier molecular flexibility index (Phi) is 5.91. The highest BCUT2D eigenvalue weighted by Gasteiger charge is 2.33. The van der Waals surface area contributed by atoms with Crippen LogP contribution in [0.2, 0.25) is 0 Å². The molecule has 1 aliphatic heterocycles. The number of amides is 1. The minimum atomic E-state index is -3.58. The molecule has 1 saturated heterocycles. The fraction of sp³-hybridized carbons (Fsp3) is 0.611. The number of piperazine rings is 1. The molecule has 0 unspecified atom stereocenters. The Labute approximate surface area is 150 Å². The Morgan fingerprint density at radius 3 is 1.76 bits per heavy atom. The van der Waals surface area contributed by atoms with Gasteiger partial charge in [0.15, 0.2) is 0 Å². The van der Waals surface area contributed by atoms with Gasteiger partial charge in [-0.1, -0.05) is 0 Å². The van der Waals surface area contributed by atoms with E-state index in [9.17, 15) is 13.2 Å². The van der Waals surface area contributed by atoms with Gasteiger partial charge < -0.3 is 9.64 Å². The summed E-state index contributed by atoms with van der Waals surface area (Å²) in [7, 11) is -2.10. The smallest absolute Gasteiger partial charge is 0.248 e. The Hall–Kier alpha value is -1.44. The first-order chi connectivity index (χ1) is 11.6. The second-order valence-corrected chi connectivity index (χ2v) is 8.55. The average Bonchev–Trinajstić information content (AvgIpc) is 2.58. The van der Waals surface area contributed by atoms with Gasteiger partial charge in [0, 0.05) is 33.3 Å². The van der Waals surface area contributed by atoms with E-state index in [0.29, 0.717) is 31.1 Å². The van der Waals surface area contributed by atoms with Gasteiger partial charge in [-0.05, 0) is 62.4 Å². The Balaban J connectivity index is 2.32. The molecule has 25 heavy (non-hydrogen) atoms. The molecule has 0 spiro atoms. The van der Waals surface area contributed by atoms with Crippen molar-refractivity contribution in [2.75, 3.05) is 39.9 Å². The minimum Gasteiger partial charge on any atom is -0.375 e. The van der Waals surface area contributed by atoms with Crippen molar-refractivity contribution >= 4 is 15.9 Å². The first-order valence-corrected chi connectivity index (χ1v) is 9.90. The second-order valence-electron chi connectivity index (χ2n) is 6.67. The molecule has 1 aliphatic rings. The molecule has 6 nitrogen and oxygen atoms in total. The van der Waals surface area contributed by atoms with Gasteiger partial charge in [-0.3, -0.25) is 4.79 Å². The summed E-state index contributed by atoms with van der Waals surface area (Å²) in [4.78, 5) is 14.0. The zero-order valence-electron chi connectivity index (χ0n) is 16.0. The van der Waals surface area contributed by atoms with Crippen molar-refractivity contribution in [2.24, 2.45) is 0 Å². The van der Waals surface area contributed by atoms with Crippen LogP contribution < -0.4 is 0 Å². The number of rotatable bonds is 4. The van der Waals surface area contributed by atoms with Gasteiger partial charge in [-0.2, -0.15) is 4.31 Å². The van der Waals surface area contributed by atoms with Crippen LogP contribution in [0, 0.1) is 34.6 Å². The zero-order chi connectivity index (χ0) is 18.9. The van der Waals surface area contributed by atoms with Crippen molar-refractivity contribution in [1.29, 1.82) is 0 Å². The SMILES string of the molecule is COCC(=O)N1CCN(S(=O)(=O)c2c(C)c(C)c(C)c(C)c2C)CC1. The lowest BCUT2D eigenvalue weighted by Crippen LogP contribution is -2.51. The lowest BCUT2D eigenvalue weighted by atomic mass is 9.95. The summed E-state index contributed by atoms with van der Waals surface area (Å²) in [5, 5.41) is 0. The number of ether oxygens (including phenoxy) is 1. The quantitative estimate of drug-likeness (QED) is 0.811. The summed E-state index contributed by atoms with van der Waals surface area (Å²) in [6.07, 6.45) is 0. The molecule has 0 N–H and O–H groups in total. The van der Waals surface area contributed by atoms with Gasteiger partial charge in [0.25, 0.3) is 0 Å². The van der Waals surface area contributed by atoms with E-state index in [1.807, 2.05) is 34.6 Å². The molecule has 1 heterocycles. The van der Waals surface area contributed by atoms with Crippen molar-refractivity contribution in [3.8, 4) is 0 Å². The van der Waals surface area contributed by atoms with Crippen LogP contribution in [0.1, 0.15) is 27.8 Å². The van der Waals surface area contributed by atoms with E-state index < -0.39 is 10.0 Å². The molecule has 7 heteroatoms. The number of carbonyl (C=O) groups excluding carboxylic acids is 1. The minimum absolute atomic E-state index is 0.0291. The van der Waals surface area contributed by atoms with Gasteiger partial charge in [0.2, 0.25) is 15.9 Å². The van der Waals surface area contributed by atoms with E-state index in [2.05, 4.69) is 0 Å². The number of carbonyl (C=O) groups is 1. The average molecular weight is 368 g/mol. The molecule has 0 bridgehead atoms. The summed E-state index contributed by atoms with van der Waals surface area (Å²) in [5.74, 6) is -0.103. The van der Waals surface area contributed by atoms with Crippen LogP contribution in [0.15, 0.2) is 4.90 Å². The summed E-state index contributed by atoms with van der Waals surface area (Å²) in [6, 6.07) is 0. The van der Waals surface area contributed by atoms with Crippen LogP contribution in [0.25, 0.3) is 0 Å². The monoisotopic (exact) mass is 368 g/mol. The van der Waals surface area contributed by atoms with E-state index in [1.54, 1.807) is 4.90 Å². The number of nitrogens with zero attached hydrogens (tertiary/aromatic N) is 2. The molecule has 0 aliphatic carbocycles. The third-order valence-corrected chi connectivity index (χ3v) is 7.56. The highest BCUT2D eigenvalue weighted by molar-refractivity contribution is 7.89. The van der Waals surface area contributed by atoms with Crippen molar-refractivity contribution in [1.82, 2.24) is 9.21 Å². The van der Waals surface area contributed by atoms with E-state index in [1.165, 1.54) is 11.4 Å². The highest BCUT2D eigenvalue weighted by atomic mass is 32.2. The molecule has 0 atom stereocenters. The van der Waals surface area contributed by atoms with Gasteiger partial charge >= 0.3 is 0 Å². The van der Waals surface area contributed by atoms with Gasteiger partial charge in [0.1, 0.15) is 6.61 Å². The Bertz CT molecular complexity index is 750. The van der Waals surface area contributed by atoms with Crippen molar-refractivity contribution in [3.63, 3.8) is 0 Å². The van der Waals surface area contributed by atoms with Crippen LogP contribution in [0.4, 0.5) is 0 Å². The first kappa shape index (κ1) is 19.9. The standard InChI is InChI=1S/C18H28N2O4S/c1-12-13(2)15(4)18(16(5)14(12)3)25(22,23)20-9-7-19(8-10-20)17(21)11-24-6/h7-11H2,1-6H3. The van der Waals surface area contributed by atoms with Crippen LogP contribution in [0.3, 0.4) is 0 Å². The lowest BCUT2D eigenvalue weighted by Gasteiger charge is -2.34. The molecule has 0 saturated carbocycles. The molecule has 140 valence electrons. The van der Waals surface area contributed by atoms with E-state index >= 15 is 0 Å². The number of hydrogen-bond donors (Lipinski definition) is 0. The molecular weight excluding hydrogens is 340 g/mol. The molecule has 0 aromatic heterocycles. The maximum absolute atomic E-state index is 13.2. The van der Waals surface area contributed by atoms with E-state index in [-0.39, 0.29) is 12.5 Å². The predicted molar refractivity (Wildman–Crippen MR) is 97.3 cm³/mol. The largest absolute Gasteiger partial charge is 0.375 e. The highest BCUT2D eigenvalue weighted by Crippen LogP contribution is 2.31. The fourth-order valence-electron chi connectivity index (χ4n) is 3.37. The predicted octanol–water partition coefficient (Wildman–Crippen LogP) is 1.71. The van der Waals surface area contributed by atoms with Crippen molar-refractivity contribution in [3.05, 3.63) is 27.8 Å². The van der Waals surface area contributed by atoms with Crippen molar-refractivity contribution in [2.45, 2.75) is 39.5 Å².